The number of hydrogen-bond acceptors (Lipinski definition) is 4. The topological polar surface area (TPSA) is 75.4 Å². The maximum absolute atomic E-state index is 12.7. The van der Waals surface area contributed by atoms with Gasteiger partial charge in [-0.2, -0.15) is 0 Å². The molecular formula is C19H24N2O3. The van der Waals surface area contributed by atoms with Crippen LogP contribution in [0.5, 0.6) is 0 Å². The Morgan fingerprint density at radius 3 is 2.67 bits per heavy atom. The highest BCUT2D eigenvalue weighted by molar-refractivity contribution is 5.95. The third-order valence-corrected chi connectivity index (χ3v) is 4.66. The van der Waals surface area contributed by atoms with Gasteiger partial charge in [-0.25, -0.2) is 0 Å². The second kappa shape index (κ2) is 6.77. The van der Waals surface area contributed by atoms with Gasteiger partial charge in [0.1, 0.15) is 11.5 Å². The zero-order valence-corrected chi connectivity index (χ0v) is 14.3. The molecule has 0 unspecified atom stereocenters. The Kier molecular flexibility index (Phi) is 4.71. The quantitative estimate of drug-likeness (QED) is 0.882. The number of aryl methyl sites for hydroxylation is 1. The van der Waals surface area contributed by atoms with Crippen LogP contribution in [0.15, 0.2) is 34.9 Å². The summed E-state index contributed by atoms with van der Waals surface area (Å²) in [5.74, 6) is 1.73. The molecule has 2 N–H and O–H groups in total. The fourth-order valence-electron chi connectivity index (χ4n) is 3.13. The largest absolute Gasteiger partial charge is 0.465 e. The van der Waals surface area contributed by atoms with Crippen molar-refractivity contribution in [1.82, 2.24) is 10.3 Å². The fraction of sp³-hybridized carbons (Fsp3) is 0.474. The number of hydrogen-bond donors (Lipinski definition) is 2. The van der Waals surface area contributed by atoms with Gasteiger partial charge in [-0.3, -0.25) is 9.78 Å². The van der Waals surface area contributed by atoms with Crippen LogP contribution in [-0.4, -0.2) is 22.1 Å². The lowest BCUT2D eigenvalue weighted by atomic mass is 9.76. The molecule has 0 radical (unpaired) electrons. The van der Waals surface area contributed by atoms with Crippen LogP contribution in [-0.2, 0) is 0 Å². The van der Waals surface area contributed by atoms with E-state index in [4.69, 9.17) is 4.42 Å². The third-order valence-electron chi connectivity index (χ3n) is 4.66. The van der Waals surface area contributed by atoms with Crippen LogP contribution in [0.4, 0.5) is 0 Å². The minimum Gasteiger partial charge on any atom is -0.465 e. The molecule has 1 saturated carbocycles. The maximum atomic E-state index is 12.7. The first-order valence-electron chi connectivity index (χ1n) is 8.46. The molecule has 2 aromatic rings. The summed E-state index contributed by atoms with van der Waals surface area (Å²) in [6.07, 6.45) is 2.82. The van der Waals surface area contributed by atoms with Crippen molar-refractivity contribution in [3.05, 3.63) is 53.2 Å². The van der Waals surface area contributed by atoms with E-state index in [1.165, 1.54) is 0 Å². The van der Waals surface area contributed by atoms with Crippen molar-refractivity contribution in [2.75, 3.05) is 0 Å². The van der Waals surface area contributed by atoms with Gasteiger partial charge in [0.25, 0.3) is 5.91 Å². The summed E-state index contributed by atoms with van der Waals surface area (Å²) >= 11 is 0. The minimum atomic E-state index is -0.277. The lowest BCUT2D eigenvalue weighted by Gasteiger charge is -2.37. The minimum absolute atomic E-state index is 0.153. The van der Waals surface area contributed by atoms with E-state index in [0.717, 1.165) is 11.5 Å². The highest BCUT2D eigenvalue weighted by atomic mass is 16.3. The number of nitrogens with zero attached hydrogens (tertiary/aromatic N) is 1. The van der Waals surface area contributed by atoms with E-state index < -0.39 is 0 Å². The van der Waals surface area contributed by atoms with Crippen LogP contribution in [0, 0.1) is 12.8 Å². The Hall–Kier alpha value is -2.14. The van der Waals surface area contributed by atoms with Crippen molar-refractivity contribution in [2.45, 2.75) is 51.7 Å². The molecule has 0 spiro atoms. The van der Waals surface area contributed by atoms with Gasteiger partial charge in [0.15, 0.2) is 0 Å². The van der Waals surface area contributed by atoms with E-state index in [-0.39, 0.29) is 29.9 Å². The molecular weight excluding hydrogens is 304 g/mol. The molecule has 1 amide bonds. The predicted octanol–water partition coefficient (Wildman–Crippen LogP) is 3.35. The first-order valence-corrected chi connectivity index (χ1v) is 8.46. The van der Waals surface area contributed by atoms with Gasteiger partial charge >= 0.3 is 0 Å². The van der Waals surface area contributed by atoms with Crippen molar-refractivity contribution < 1.29 is 14.3 Å². The predicted molar refractivity (Wildman–Crippen MR) is 90.7 cm³/mol. The van der Waals surface area contributed by atoms with E-state index in [1.54, 1.807) is 6.20 Å². The lowest BCUT2D eigenvalue weighted by molar-refractivity contribution is 0.0228. The van der Waals surface area contributed by atoms with Gasteiger partial charge in [-0.1, -0.05) is 19.9 Å². The molecule has 128 valence electrons. The molecule has 3 rings (SSSR count). The first kappa shape index (κ1) is 16.7. The van der Waals surface area contributed by atoms with Gasteiger partial charge < -0.3 is 14.8 Å². The number of furan rings is 1. The van der Waals surface area contributed by atoms with Crippen molar-refractivity contribution in [3.8, 4) is 0 Å². The van der Waals surface area contributed by atoms with Crippen molar-refractivity contribution in [3.63, 3.8) is 0 Å². The molecule has 5 nitrogen and oxygen atoms in total. The molecule has 24 heavy (non-hydrogen) atoms. The van der Waals surface area contributed by atoms with Crippen LogP contribution in [0.25, 0.3) is 0 Å². The number of carbonyl (C=O) groups is 1. The number of rotatable bonds is 5. The Morgan fingerprint density at radius 2 is 2.12 bits per heavy atom. The average molecular weight is 328 g/mol. The van der Waals surface area contributed by atoms with E-state index in [2.05, 4.69) is 10.3 Å². The molecule has 1 aliphatic rings. The number of nitrogens with one attached hydrogen (secondary N) is 1. The molecule has 2 heterocycles. The summed E-state index contributed by atoms with van der Waals surface area (Å²) in [4.78, 5) is 17.1. The van der Waals surface area contributed by atoms with Gasteiger partial charge in [-0.05, 0) is 43.9 Å². The Bertz CT molecular complexity index is 703. The van der Waals surface area contributed by atoms with Gasteiger partial charge in [0.2, 0.25) is 0 Å². The molecule has 1 fully saturated rings. The number of aliphatic hydroxyl groups is 1. The van der Waals surface area contributed by atoms with E-state index >= 15 is 0 Å². The highest BCUT2D eigenvalue weighted by Gasteiger charge is 2.36. The maximum Gasteiger partial charge on any atom is 0.255 e. The van der Waals surface area contributed by atoms with Gasteiger partial charge in [-0.15, -0.1) is 0 Å². The number of amides is 1. The van der Waals surface area contributed by atoms with Crippen LogP contribution >= 0.6 is 0 Å². The van der Waals surface area contributed by atoms with Crippen LogP contribution in [0.1, 0.15) is 66.2 Å². The lowest BCUT2D eigenvalue weighted by Crippen LogP contribution is -2.41. The molecule has 0 bridgehead atoms. The van der Waals surface area contributed by atoms with Crippen molar-refractivity contribution in [2.24, 2.45) is 5.92 Å². The smallest absolute Gasteiger partial charge is 0.255 e. The normalized spacial score (nSPS) is 21.4. The average Bonchev–Trinajstić information content (AvgIpc) is 2.93. The molecule has 0 aliphatic heterocycles. The monoisotopic (exact) mass is 328 g/mol. The summed E-state index contributed by atoms with van der Waals surface area (Å²) in [7, 11) is 0. The molecule has 1 aliphatic carbocycles. The van der Waals surface area contributed by atoms with Gasteiger partial charge in [0.05, 0.1) is 23.4 Å². The fourth-order valence-corrected chi connectivity index (χ4v) is 3.13. The first-order chi connectivity index (χ1) is 11.5. The molecule has 5 heteroatoms. The number of pyridine rings is 1. The number of carbonyl (C=O) groups excluding carboxylic acids is 1. The summed E-state index contributed by atoms with van der Waals surface area (Å²) in [5.41, 5.74) is 1.40. The van der Waals surface area contributed by atoms with Crippen molar-refractivity contribution >= 4 is 5.91 Å². The molecule has 2 aromatic heterocycles. The SMILES string of the molecule is Cc1oc(C(C)C)cc1C(=O)N[C@H](c1ccccn1)C1CC(O)C1. The highest BCUT2D eigenvalue weighted by Crippen LogP contribution is 2.37. The Morgan fingerprint density at radius 1 is 1.38 bits per heavy atom. The Labute approximate surface area is 142 Å². The van der Waals surface area contributed by atoms with Crippen LogP contribution < -0.4 is 5.32 Å². The molecule has 1 atom stereocenters. The van der Waals surface area contributed by atoms with E-state index in [0.29, 0.717) is 24.2 Å². The van der Waals surface area contributed by atoms with Crippen molar-refractivity contribution in [1.29, 1.82) is 0 Å². The molecule has 0 aromatic carbocycles. The second-order valence-electron chi connectivity index (χ2n) is 6.86. The zero-order valence-electron chi connectivity index (χ0n) is 14.3. The Balaban J connectivity index is 1.81. The number of aromatic nitrogens is 1. The molecule has 0 saturated heterocycles. The third kappa shape index (κ3) is 3.36. The van der Waals surface area contributed by atoms with Crippen LogP contribution in [0.2, 0.25) is 0 Å². The van der Waals surface area contributed by atoms with E-state index in [1.807, 2.05) is 45.0 Å². The van der Waals surface area contributed by atoms with Crippen LogP contribution in [0.3, 0.4) is 0 Å². The summed E-state index contributed by atoms with van der Waals surface area (Å²) in [6, 6.07) is 7.31. The summed E-state index contributed by atoms with van der Waals surface area (Å²) in [5, 5.41) is 12.7. The standard InChI is InChI=1S/C19H24N2O3/c1-11(2)17-10-15(12(3)24-17)19(23)21-18(13-8-14(22)9-13)16-6-4-5-7-20-16/h4-7,10-11,13-14,18,22H,8-9H2,1-3H3,(H,21,23)/t13?,14?,18-/m0/s1. The summed E-state index contributed by atoms with van der Waals surface area (Å²) < 4.78 is 5.69. The van der Waals surface area contributed by atoms with Gasteiger partial charge in [0, 0.05) is 12.1 Å². The zero-order chi connectivity index (χ0) is 17.3. The number of aliphatic hydroxyl groups excluding tert-OH is 1. The van der Waals surface area contributed by atoms with E-state index in [9.17, 15) is 9.90 Å². The second-order valence-corrected chi connectivity index (χ2v) is 6.86. The summed E-state index contributed by atoms with van der Waals surface area (Å²) in [6.45, 7) is 5.88.